The summed E-state index contributed by atoms with van der Waals surface area (Å²) >= 11 is 6.53. The average molecular weight is 592 g/mol. The monoisotopic (exact) mass is 591 g/mol. The average Bonchev–Trinajstić information content (AvgIpc) is 3.25. The van der Waals surface area contributed by atoms with Crippen molar-refractivity contribution in [2.45, 2.75) is 79.1 Å². The van der Waals surface area contributed by atoms with E-state index in [-0.39, 0.29) is 28.7 Å². The predicted octanol–water partition coefficient (Wildman–Crippen LogP) is 8.23. The van der Waals surface area contributed by atoms with Crippen LogP contribution in [0, 0.1) is 17.7 Å². The van der Waals surface area contributed by atoms with Crippen LogP contribution in [0.5, 0.6) is 0 Å². The van der Waals surface area contributed by atoms with Gasteiger partial charge in [-0.2, -0.15) is 0 Å². The molecule has 1 aliphatic carbocycles. The molecule has 10 heteroatoms. The van der Waals surface area contributed by atoms with Crippen molar-refractivity contribution in [3.8, 4) is 0 Å². The lowest BCUT2D eigenvalue weighted by atomic mass is 9.86. The number of halogens is 2. The molecule has 1 atom stereocenters. The zero-order valence-electron chi connectivity index (χ0n) is 24.2. The summed E-state index contributed by atoms with van der Waals surface area (Å²) in [6.07, 6.45) is 12.8. The fourth-order valence-electron chi connectivity index (χ4n) is 5.72. The number of rotatable bonds is 8. The number of anilines is 2. The van der Waals surface area contributed by atoms with Gasteiger partial charge in [0.25, 0.3) is 0 Å². The van der Waals surface area contributed by atoms with E-state index in [1.54, 1.807) is 6.92 Å². The SMILES string of the molecule is CCCS(=O)(=O)Nc1ccc(F)c(N2C/C(=C3\C=C(N4CCCCC(C(C)C)CC4)C=C(CC)CC3)N=N2)c1Cl. The topological polar surface area (TPSA) is 77.4 Å². The second-order valence-electron chi connectivity index (χ2n) is 11.4. The summed E-state index contributed by atoms with van der Waals surface area (Å²) in [5.41, 5.74) is 4.67. The summed E-state index contributed by atoms with van der Waals surface area (Å²) in [4.78, 5) is 2.53. The number of nitrogens with zero attached hydrogens (tertiary/aromatic N) is 4. The van der Waals surface area contributed by atoms with Crippen molar-refractivity contribution in [3.63, 3.8) is 0 Å². The number of likely N-dealkylation sites (tertiary alicyclic amines) is 1. The normalized spacial score (nSPS) is 22.6. The number of nitrogens with one attached hydrogen (secondary N) is 1. The number of allylic oxidation sites excluding steroid dienone is 4. The summed E-state index contributed by atoms with van der Waals surface area (Å²) in [5.74, 6) is 0.814. The Kier molecular flexibility index (Phi) is 10.3. The summed E-state index contributed by atoms with van der Waals surface area (Å²) in [7, 11) is -3.59. The molecule has 0 bridgehead atoms. The van der Waals surface area contributed by atoms with Crippen molar-refractivity contribution in [1.82, 2.24) is 4.90 Å². The standard InChI is InChI=1S/C30H43ClFN5O2S/c1-5-17-40(38,39)34-27-13-12-26(32)30(29(27)31)37-20-28(33-35-37)24-11-10-22(6-2)18-25(19-24)36-15-8-7-9-23(14-16-36)21(3)4/h12-13,18-19,21,23,34H,5-11,14-17,20H2,1-4H3/b28-24+. The van der Waals surface area contributed by atoms with Gasteiger partial charge in [0.15, 0.2) is 0 Å². The van der Waals surface area contributed by atoms with Gasteiger partial charge < -0.3 is 4.90 Å². The molecule has 0 amide bonds. The van der Waals surface area contributed by atoms with Crippen molar-refractivity contribution in [2.75, 3.05) is 35.1 Å². The maximum atomic E-state index is 15.0. The Morgan fingerprint density at radius 2 is 1.93 bits per heavy atom. The summed E-state index contributed by atoms with van der Waals surface area (Å²) in [5, 5.41) is 10.1. The van der Waals surface area contributed by atoms with Gasteiger partial charge in [-0.05, 0) is 80.2 Å². The Balaban J connectivity index is 1.60. The maximum absolute atomic E-state index is 15.0. The number of benzene rings is 1. The molecule has 1 saturated heterocycles. The van der Waals surface area contributed by atoms with E-state index in [1.807, 2.05) is 0 Å². The van der Waals surface area contributed by atoms with Gasteiger partial charge in [0.2, 0.25) is 10.0 Å². The largest absolute Gasteiger partial charge is 0.372 e. The summed E-state index contributed by atoms with van der Waals surface area (Å²) < 4.78 is 42.1. The highest BCUT2D eigenvalue weighted by Gasteiger charge is 2.27. The molecule has 0 spiro atoms. The molecule has 40 heavy (non-hydrogen) atoms. The Morgan fingerprint density at radius 1 is 1.12 bits per heavy atom. The predicted molar refractivity (Wildman–Crippen MR) is 162 cm³/mol. The first-order chi connectivity index (χ1) is 19.1. The van der Waals surface area contributed by atoms with Crippen molar-refractivity contribution in [2.24, 2.45) is 22.2 Å². The van der Waals surface area contributed by atoms with E-state index in [1.165, 1.54) is 54.1 Å². The van der Waals surface area contributed by atoms with Gasteiger partial charge in [-0.1, -0.05) is 62.9 Å². The molecule has 1 unspecified atom stereocenters. The third-order valence-electron chi connectivity index (χ3n) is 8.18. The lowest BCUT2D eigenvalue weighted by Gasteiger charge is -2.32. The van der Waals surface area contributed by atoms with Gasteiger partial charge in [0, 0.05) is 18.8 Å². The Hall–Kier alpha value is -2.39. The number of hydrogen-bond acceptors (Lipinski definition) is 6. The lowest BCUT2D eigenvalue weighted by molar-refractivity contribution is 0.233. The van der Waals surface area contributed by atoms with Gasteiger partial charge in [-0.15, -0.1) is 5.11 Å². The van der Waals surface area contributed by atoms with Crippen LogP contribution in [0.15, 0.2) is 57.2 Å². The van der Waals surface area contributed by atoms with Crippen LogP contribution >= 0.6 is 11.6 Å². The second kappa shape index (κ2) is 13.5. The molecule has 0 aromatic heterocycles. The van der Waals surface area contributed by atoms with Crippen LogP contribution in [-0.2, 0) is 10.0 Å². The zero-order chi connectivity index (χ0) is 28.9. The number of sulfonamides is 1. The van der Waals surface area contributed by atoms with Gasteiger partial charge in [0.05, 0.1) is 28.7 Å². The van der Waals surface area contributed by atoms with Crippen LogP contribution in [0.3, 0.4) is 0 Å². The summed E-state index contributed by atoms with van der Waals surface area (Å²) in [6, 6.07) is 2.55. The van der Waals surface area contributed by atoms with Crippen molar-refractivity contribution < 1.29 is 12.8 Å². The quantitative estimate of drug-likeness (QED) is 0.330. The van der Waals surface area contributed by atoms with Crippen LogP contribution in [0.4, 0.5) is 15.8 Å². The molecule has 1 N–H and O–H groups in total. The lowest BCUT2D eigenvalue weighted by Crippen LogP contribution is -2.29. The fourth-order valence-corrected chi connectivity index (χ4v) is 7.21. The highest BCUT2D eigenvalue weighted by molar-refractivity contribution is 7.92. The van der Waals surface area contributed by atoms with E-state index < -0.39 is 15.8 Å². The maximum Gasteiger partial charge on any atom is 0.232 e. The first-order valence-corrected chi connectivity index (χ1v) is 16.7. The van der Waals surface area contributed by atoms with Gasteiger partial charge in [0.1, 0.15) is 11.5 Å². The van der Waals surface area contributed by atoms with E-state index in [0.717, 1.165) is 49.5 Å². The molecule has 2 heterocycles. The van der Waals surface area contributed by atoms with Crippen molar-refractivity contribution >= 4 is 33.0 Å². The van der Waals surface area contributed by atoms with E-state index >= 15 is 4.39 Å². The summed E-state index contributed by atoms with van der Waals surface area (Å²) in [6.45, 7) is 11.0. The van der Waals surface area contributed by atoms with Crippen LogP contribution in [-0.4, -0.2) is 38.7 Å². The van der Waals surface area contributed by atoms with Gasteiger partial charge in [-0.3, -0.25) is 4.72 Å². The second-order valence-corrected chi connectivity index (χ2v) is 13.6. The molecule has 3 aliphatic rings. The smallest absolute Gasteiger partial charge is 0.232 e. The van der Waals surface area contributed by atoms with Crippen LogP contribution in [0.1, 0.15) is 79.1 Å². The van der Waals surface area contributed by atoms with E-state index in [2.05, 4.69) is 52.9 Å². The van der Waals surface area contributed by atoms with Crippen molar-refractivity contribution in [3.05, 3.63) is 57.7 Å². The molecule has 0 saturated carbocycles. The molecular weight excluding hydrogens is 549 g/mol. The molecule has 0 radical (unpaired) electrons. The highest BCUT2D eigenvalue weighted by Crippen LogP contribution is 2.39. The van der Waals surface area contributed by atoms with Crippen LogP contribution < -0.4 is 9.73 Å². The van der Waals surface area contributed by atoms with Crippen LogP contribution in [0.25, 0.3) is 0 Å². The molecule has 2 aliphatic heterocycles. The Bertz CT molecular complexity index is 1310. The third kappa shape index (κ3) is 7.46. The first-order valence-electron chi connectivity index (χ1n) is 14.7. The zero-order valence-corrected chi connectivity index (χ0v) is 25.8. The van der Waals surface area contributed by atoms with E-state index in [4.69, 9.17) is 11.6 Å². The molecule has 4 rings (SSSR count). The van der Waals surface area contributed by atoms with E-state index in [0.29, 0.717) is 12.3 Å². The van der Waals surface area contributed by atoms with Gasteiger partial charge in [-0.25, -0.2) is 17.8 Å². The molecule has 1 aromatic rings. The Labute approximate surface area is 244 Å². The van der Waals surface area contributed by atoms with Crippen LogP contribution in [0.2, 0.25) is 5.02 Å². The molecule has 1 fully saturated rings. The molecule has 7 nitrogen and oxygen atoms in total. The third-order valence-corrected chi connectivity index (χ3v) is 10.0. The minimum absolute atomic E-state index is 0.0198. The van der Waals surface area contributed by atoms with Gasteiger partial charge >= 0.3 is 0 Å². The first kappa shape index (κ1) is 30.6. The minimum Gasteiger partial charge on any atom is -0.372 e. The molecular formula is C30H43ClFN5O2S. The minimum atomic E-state index is -3.59. The molecule has 220 valence electrons. The Morgan fingerprint density at radius 3 is 2.65 bits per heavy atom. The molecule has 1 aromatic carbocycles. The number of hydrogen-bond donors (Lipinski definition) is 1. The van der Waals surface area contributed by atoms with E-state index in [9.17, 15) is 8.42 Å². The fraction of sp³-hybridized carbons (Fsp3) is 0.600. The highest BCUT2D eigenvalue weighted by atomic mass is 35.5. The van der Waals surface area contributed by atoms with Crippen molar-refractivity contribution in [1.29, 1.82) is 0 Å².